The first-order chi connectivity index (χ1) is 12.8. The first-order valence-corrected chi connectivity index (χ1v) is 8.80. The van der Waals surface area contributed by atoms with Gasteiger partial charge in [0.2, 0.25) is 0 Å². The highest BCUT2D eigenvalue weighted by Gasteiger charge is 2.17. The van der Waals surface area contributed by atoms with Crippen LogP contribution >= 0.6 is 0 Å². The Hall–Kier alpha value is -2.99. The Balaban J connectivity index is 1.97. The molecule has 0 bridgehead atoms. The van der Waals surface area contributed by atoms with Crippen LogP contribution in [0.15, 0.2) is 48.9 Å². The third-order valence-corrected chi connectivity index (χ3v) is 3.95. The van der Waals surface area contributed by atoms with Gasteiger partial charge in [0.15, 0.2) is 5.75 Å². The standard InChI is InChI=1S/C21H25N4O2/c1-15-7-6-10-23-19(15)14-26-20-13-17(27-25(3,4)5)8-9-18(20)21-16(2)22-11-12-24-21/h6-13H,14H2,1-5H3/q+1. The summed E-state index contributed by atoms with van der Waals surface area (Å²) in [7, 11) is 5.87. The largest absolute Gasteiger partial charge is 0.486 e. The summed E-state index contributed by atoms with van der Waals surface area (Å²) in [5.41, 5.74) is 4.51. The minimum absolute atomic E-state index is 0.350. The van der Waals surface area contributed by atoms with Gasteiger partial charge in [-0.2, -0.15) is 0 Å². The maximum atomic E-state index is 6.15. The molecule has 0 fully saturated rings. The average molecular weight is 365 g/mol. The molecule has 0 atom stereocenters. The third-order valence-electron chi connectivity index (χ3n) is 3.95. The first kappa shape index (κ1) is 18.8. The summed E-state index contributed by atoms with van der Waals surface area (Å²) in [5, 5.41) is 0. The molecular formula is C21H25N4O2+. The highest BCUT2D eigenvalue weighted by Crippen LogP contribution is 2.34. The molecular weight excluding hydrogens is 340 g/mol. The summed E-state index contributed by atoms with van der Waals surface area (Å²) in [4.78, 5) is 19.2. The molecule has 0 saturated heterocycles. The van der Waals surface area contributed by atoms with Gasteiger partial charge in [0, 0.05) is 30.2 Å². The van der Waals surface area contributed by atoms with Gasteiger partial charge in [0.05, 0.1) is 17.1 Å². The van der Waals surface area contributed by atoms with E-state index in [2.05, 4.69) is 15.0 Å². The smallest absolute Gasteiger partial charge is 0.193 e. The van der Waals surface area contributed by atoms with Crippen molar-refractivity contribution in [1.29, 1.82) is 0 Å². The molecule has 0 N–H and O–H groups in total. The van der Waals surface area contributed by atoms with Gasteiger partial charge in [-0.1, -0.05) is 6.07 Å². The van der Waals surface area contributed by atoms with Gasteiger partial charge in [-0.3, -0.25) is 15.0 Å². The molecule has 6 nitrogen and oxygen atoms in total. The van der Waals surface area contributed by atoms with Crippen molar-refractivity contribution in [3.8, 4) is 22.8 Å². The topological polar surface area (TPSA) is 57.1 Å². The van der Waals surface area contributed by atoms with Gasteiger partial charge in [0.1, 0.15) is 33.5 Å². The van der Waals surface area contributed by atoms with Crippen molar-refractivity contribution < 1.29 is 14.2 Å². The maximum Gasteiger partial charge on any atom is 0.193 e. The van der Waals surface area contributed by atoms with E-state index in [0.717, 1.165) is 34.0 Å². The number of ether oxygens (including phenoxy) is 1. The Morgan fingerprint density at radius 1 is 0.926 bits per heavy atom. The van der Waals surface area contributed by atoms with E-state index in [1.54, 1.807) is 18.6 Å². The van der Waals surface area contributed by atoms with Gasteiger partial charge in [-0.25, -0.2) is 0 Å². The van der Waals surface area contributed by atoms with E-state index in [0.29, 0.717) is 17.0 Å². The first-order valence-electron chi connectivity index (χ1n) is 8.80. The van der Waals surface area contributed by atoms with Crippen LogP contribution in [0.25, 0.3) is 11.3 Å². The van der Waals surface area contributed by atoms with E-state index in [4.69, 9.17) is 9.57 Å². The third kappa shape index (κ3) is 4.80. The summed E-state index contributed by atoms with van der Waals surface area (Å²) in [5.74, 6) is 1.41. The monoisotopic (exact) mass is 365 g/mol. The number of quaternary nitrogens is 1. The summed E-state index contributed by atoms with van der Waals surface area (Å²) >= 11 is 0. The summed E-state index contributed by atoms with van der Waals surface area (Å²) in [6, 6.07) is 9.72. The number of pyridine rings is 1. The SMILES string of the molecule is Cc1cccnc1COc1cc(O[N+](C)(C)C)ccc1-c1nccnc1C. The van der Waals surface area contributed by atoms with E-state index < -0.39 is 0 Å². The zero-order valence-corrected chi connectivity index (χ0v) is 16.4. The van der Waals surface area contributed by atoms with Gasteiger partial charge in [-0.15, -0.1) is 4.65 Å². The molecule has 6 heteroatoms. The fraction of sp³-hybridized carbons (Fsp3) is 0.286. The van der Waals surface area contributed by atoms with Crippen LogP contribution in [0.4, 0.5) is 0 Å². The van der Waals surface area contributed by atoms with E-state index in [1.165, 1.54) is 0 Å². The lowest BCUT2D eigenvalue weighted by Gasteiger charge is -2.23. The van der Waals surface area contributed by atoms with Gasteiger partial charge in [0.25, 0.3) is 0 Å². The molecule has 0 aliphatic carbocycles. The van der Waals surface area contributed by atoms with Crippen LogP contribution in [-0.4, -0.2) is 40.7 Å². The minimum atomic E-state index is 0.350. The number of hydroxylamine groups is 3. The molecule has 0 aliphatic heterocycles. The average Bonchev–Trinajstić information content (AvgIpc) is 2.61. The highest BCUT2D eigenvalue weighted by atomic mass is 16.7. The van der Waals surface area contributed by atoms with E-state index >= 15 is 0 Å². The summed E-state index contributed by atoms with van der Waals surface area (Å²) < 4.78 is 6.50. The van der Waals surface area contributed by atoms with Gasteiger partial charge in [-0.05, 0) is 37.6 Å². The molecule has 0 spiro atoms. The minimum Gasteiger partial charge on any atom is -0.486 e. The lowest BCUT2D eigenvalue weighted by molar-refractivity contribution is -1.03. The molecule has 0 aliphatic rings. The van der Waals surface area contributed by atoms with Crippen LogP contribution in [0, 0.1) is 13.8 Å². The molecule has 0 unspecified atom stereocenters. The predicted molar refractivity (Wildman–Crippen MR) is 104 cm³/mol. The molecule has 2 heterocycles. The fourth-order valence-corrected chi connectivity index (χ4v) is 2.68. The van der Waals surface area contributed by atoms with Crippen LogP contribution in [0.3, 0.4) is 0 Å². The zero-order valence-electron chi connectivity index (χ0n) is 16.4. The van der Waals surface area contributed by atoms with Crippen molar-refractivity contribution in [2.75, 3.05) is 21.1 Å². The van der Waals surface area contributed by atoms with Crippen LogP contribution in [-0.2, 0) is 6.61 Å². The molecule has 2 aromatic heterocycles. The number of hydrogen-bond acceptors (Lipinski definition) is 5. The maximum absolute atomic E-state index is 6.15. The van der Waals surface area contributed by atoms with Gasteiger partial charge < -0.3 is 9.57 Å². The number of aryl methyl sites for hydroxylation is 2. The van der Waals surface area contributed by atoms with Crippen molar-refractivity contribution in [2.45, 2.75) is 20.5 Å². The number of benzene rings is 1. The number of nitrogens with zero attached hydrogens (tertiary/aromatic N) is 4. The number of aromatic nitrogens is 3. The van der Waals surface area contributed by atoms with E-state index in [1.807, 2.05) is 65.3 Å². The fourth-order valence-electron chi connectivity index (χ4n) is 2.68. The van der Waals surface area contributed by atoms with Crippen molar-refractivity contribution >= 4 is 0 Å². The number of hydrogen-bond donors (Lipinski definition) is 0. The summed E-state index contributed by atoms with van der Waals surface area (Å²) in [6.45, 7) is 4.33. The van der Waals surface area contributed by atoms with Crippen molar-refractivity contribution in [2.24, 2.45) is 0 Å². The highest BCUT2D eigenvalue weighted by molar-refractivity contribution is 5.70. The Labute approximate surface area is 160 Å². The molecule has 0 amide bonds. The number of rotatable bonds is 6. The Morgan fingerprint density at radius 2 is 1.70 bits per heavy atom. The quantitative estimate of drug-likeness (QED) is 0.492. The molecule has 1 aromatic carbocycles. The summed E-state index contributed by atoms with van der Waals surface area (Å²) in [6.07, 6.45) is 5.15. The Morgan fingerprint density at radius 3 is 2.41 bits per heavy atom. The second kappa shape index (κ2) is 7.72. The molecule has 3 rings (SSSR count). The van der Waals surface area contributed by atoms with Crippen molar-refractivity contribution in [1.82, 2.24) is 15.0 Å². The molecule has 140 valence electrons. The Bertz CT molecular complexity index is 935. The van der Waals surface area contributed by atoms with Crippen LogP contribution < -0.4 is 9.57 Å². The molecule has 27 heavy (non-hydrogen) atoms. The lowest BCUT2D eigenvalue weighted by Crippen LogP contribution is -2.38. The van der Waals surface area contributed by atoms with E-state index in [-0.39, 0.29) is 0 Å². The van der Waals surface area contributed by atoms with Crippen LogP contribution in [0.2, 0.25) is 0 Å². The molecule has 0 saturated carbocycles. The van der Waals surface area contributed by atoms with Crippen LogP contribution in [0.5, 0.6) is 11.5 Å². The molecule has 3 aromatic rings. The zero-order chi connectivity index (χ0) is 19.4. The van der Waals surface area contributed by atoms with Crippen molar-refractivity contribution in [3.05, 3.63) is 65.9 Å². The van der Waals surface area contributed by atoms with Crippen molar-refractivity contribution in [3.63, 3.8) is 0 Å². The second-order valence-corrected chi connectivity index (χ2v) is 7.18. The van der Waals surface area contributed by atoms with Gasteiger partial charge >= 0.3 is 0 Å². The van der Waals surface area contributed by atoms with E-state index in [9.17, 15) is 0 Å². The lowest BCUT2D eigenvalue weighted by atomic mass is 10.1. The van der Waals surface area contributed by atoms with Crippen LogP contribution in [0.1, 0.15) is 17.0 Å². The second-order valence-electron chi connectivity index (χ2n) is 7.18. The predicted octanol–water partition coefficient (Wildman–Crippen LogP) is 3.73. The molecule has 0 radical (unpaired) electrons. The Kier molecular flexibility index (Phi) is 5.37. The normalized spacial score (nSPS) is 11.3.